The van der Waals surface area contributed by atoms with Crippen molar-refractivity contribution in [1.29, 1.82) is 0 Å². The van der Waals surface area contributed by atoms with Crippen molar-refractivity contribution >= 4 is 23.1 Å². The van der Waals surface area contributed by atoms with Gasteiger partial charge in [-0.3, -0.25) is 0 Å². The Hall–Kier alpha value is -1.41. The Bertz CT molecular complexity index is 810. The van der Waals surface area contributed by atoms with Gasteiger partial charge in [0.2, 0.25) is 0 Å². The van der Waals surface area contributed by atoms with Crippen molar-refractivity contribution in [1.82, 2.24) is 0 Å². The monoisotopic (exact) mass is 437 g/mol. The molecule has 0 spiro atoms. The number of anilines is 2. The van der Waals surface area contributed by atoms with Gasteiger partial charge in [0, 0.05) is 9.79 Å². The highest BCUT2D eigenvalue weighted by atomic mass is 32.2. The number of unbranched alkanes of at least 4 members (excludes halogenated alkanes) is 7. The van der Waals surface area contributed by atoms with E-state index in [1.165, 1.54) is 91.8 Å². The summed E-state index contributed by atoms with van der Waals surface area (Å²) in [5.74, 6) is 0.638. The molecule has 0 aliphatic carbocycles. The van der Waals surface area contributed by atoms with Crippen molar-refractivity contribution in [2.45, 2.75) is 114 Å². The number of benzene rings is 2. The van der Waals surface area contributed by atoms with E-state index in [4.69, 9.17) is 0 Å². The zero-order chi connectivity index (χ0) is 22.1. The van der Waals surface area contributed by atoms with E-state index in [1.54, 1.807) is 5.56 Å². The second kappa shape index (κ2) is 12.0. The first-order chi connectivity index (χ1) is 15.0. The van der Waals surface area contributed by atoms with E-state index in [0.717, 1.165) is 0 Å². The van der Waals surface area contributed by atoms with Crippen LogP contribution in [0.3, 0.4) is 0 Å². The third kappa shape index (κ3) is 6.78. The molecule has 1 aliphatic rings. The van der Waals surface area contributed by atoms with Crippen LogP contribution in [-0.2, 0) is 0 Å². The molecule has 3 rings (SSSR count). The van der Waals surface area contributed by atoms with E-state index in [0.29, 0.717) is 11.3 Å². The highest BCUT2D eigenvalue weighted by Crippen LogP contribution is 2.48. The number of nitrogens with one attached hydrogen (secondary N) is 1. The van der Waals surface area contributed by atoms with E-state index in [-0.39, 0.29) is 0 Å². The van der Waals surface area contributed by atoms with E-state index in [2.05, 4.69) is 75.5 Å². The van der Waals surface area contributed by atoms with Crippen LogP contribution in [0.25, 0.3) is 0 Å². The van der Waals surface area contributed by atoms with Gasteiger partial charge >= 0.3 is 0 Å². The average Bonchev–Trinajstić information content (AvgIpc) is 2.77. The highest BCUT2D eigenvalue weighted by Gasteiger charge is 2.31. The van der Waals surface area contributed by atoms with Crippen LogP contribution in [0, 0.1) is 5.41 Å². The Kier molecular flexibility index (Phi) is 9.38. The van der Waals surface area contributed by atoms with Crippen molar-refractivity contribution in [3.05, 3.63) is 48.0 Å². The van der Waals surface area contributed by atoms with Crippen molar-refractivity contribution in [2.75, 3.05) is 5.32 Å². The Labute approximate surface area is 195 Å². The van der Waals surface area contributed by atoms with Crippen molar-refractivity contribution in [2.24, 2.45) is 5.41 Å². The summed E-state index contributed by atoms with van der Waals surface area (Å²) in [6.45, 7) is 9.66. The molecule has 31 heavy (non-hydrogen) atoms. The second-order valence-electron chi connectivity index (χ2n) is 10.0. The van der Waals surface area contributed by atoms with E-state index >= 15 is 0 Å². The van der Waals surface area contributed by atoms with Gasteiger partial charge in [0.05, 0.1) is 11.4 Å². The maximum absolute atomic E-state index is 3.64. The minimum atomic E-state index is 0.345. The van der Waals surface area contributed by atoms with E-state index in [1.807, 2.05) is 11.8 Å². The summed E-state index contributed by atoms with van der Waals surface area (Å²) in [6.07, 6.45) is 14.9. The molecule has 170 valence electrons. The minimum absolute atomic E-state index is 0.345. The molecule has 1 unspecified atom stereocenters. The molecular formula is C29H43NS. The summed E-state index contributed by atoms with van der Waals surface area (Å²) in [4.78, 5) is 2.72. The summed E-state index contributed by atoms with van der Waals surface area (Å²) < 4.78 is 0. The molecule has 2 aromatic rings. The average molecular weight is 438 g/mol. The third-order valence-electron chi connectivity index (χ3n) is 7.00. The van der Waals surface area contributed by atoms with Crippen LogP contribution in [-0.4, -0.2) is 0 Å². The molecule has 0 aromatic heterocycles. The van der Waals surface area contributed by atoms with Crippen molar-refractivity contribution < 1.29 is 0 Å². The number of para-hydroxylation sites is 1. The first-order valence-electron chi connectivity index (χ1n) is 12.7. The first kappa shape index (κ1) is 24.2. The molecular weight excluding hydrogens is 394 g/mol. The minimum Gasteiger partial charge on any atom is -0.354 e. The normalized spacial score (nSPS) is 13.9. The van der Waals surface area contributed by atoms with Crippen LogP contribution in [0.1, 0.15) is 110 Å². The van der Waals surface area contributed by atoms with Gasteiger partial charge in [-0.1, -0.05) is 115 Å². The lowest BCUT2D eigenvalue weighted by atomic mass is 9.69. The molecule has 0 saturated heterocycles. The third-order valence-corrected chi connectivity index (χ3v) is 8.13. The number of hydrogen-bond acceptors (Lipinski definition) is 2. The lowest BCUT2D eigenvalue weighted by molar-refractivity contribution is 0.236. The standard InChI is InChI=1S/C29H43NS/c1-5-7-9-11-12-16-24(29(3,4)21-15-10-8-6-2)23-19-20-26-28(22-23)31-27-18-14-13-17-25(27)30-26/h13-14,17-20,22,24,30H,5-12,15-16,21H2,1-4H3. The van der Waals surface area contributed by atoms with Gasteiger partial charge in [0.1, 0.15) is 0 Å². The highest BCUT2D eigenvalue weighted by molar-refractivity contribution is 7.99. The lowest BCUT2D eigenvalue weighted by Gasteiger charge is -2.36. The molecule has 1 heterocycles. The lowest BCUT2D eigenvalue weighted by Crippen LogP contribution is -2.23. The first-order valence-corrected chi connectivity index (χ1v) is 13.5. The van der Waals surface area contributed by atoms with Gasteiger partial charge in [0.25, 0.3) is 0 Å². The predicted octanol–water partition coefficient (Wildman–Crippen LogP) is 10.3. The topological polar surface area (TPSA) is 12.0 Å². The Balaban J connectivity index is 1.76. The molecule has 2 aromatic carbocycles. The van der Waals surface area contributed by atoms with E-state index < -0.39 is 0 Å². The summed E-state index contributed by atoms with van der Waals surface area (Å²) >= 11 is 1.92. The zero-order valence-corrected chi connectivity index (χ0v) is 21.1. The molecule has 2 heteroatoms. The van der Waals surface area contributed by atoms with Gasteiger partial charge < -0.3 is 5.32 Å². The Morgan fingerprint density at radius 2 is 1.45 bits per heavy atom. The molecule has 1 nitrogen and oxygen atoms in total. The van der Waals surface area contributed by atoms with Gasteiger partial charge in [-0.15, -0.1) is 0 Å². The van der Waals surface area contributed by atoms with Gasteiger partial charge in [-0.25, -0.2) is 0 Å². The Morgan fingerprint density at radius 3 is 2.23 bits per heavy atom. The van der Waals surface area contributed by atoms with Gasteiger partial charge in [-0.05, 0) is 54.0 Å². The molecule has 1 aliphatic heterocycles. The van der Waals surface area contributed by atoms with Crippen LogP contribution in [0.5, 0.6) is 0 Å². The number of rotatable bonds is 13. The van der Waals surface area contributed by atoms with Crippen LogP contribution >= 0.6 is 11.8 Å². The number of fused-ring (bicyclic) bond motifs is 2. The molecule has 0 fully saturated rings. The van der Waals surface area contributed by atoms with Crippen molar-refractivity contribution in [3.8, 4) is 0 Å². The predicted molar refractivity (Wildman–Crippen MR) is 139 cm³/mol. The molecule has 1 atom stereocenters. The van der Waals surface area contributed by atoms with Crippen LogP contribution in [0.4, 0.5) is 11.4 Å². The van der Waals surface area contributed by atoms with Gasteiger partial charge in [0.15, 0.2) is 0 Å². The SMILES string of the molecule is CCCCCCCC(c1ccc2c(c1)Sc1ccccc1N2)C(C)(C)CCCCCC. The Morgan fingerprint density at radius 1 is 0.774 bits per heavy atom. The van der Waals surface area contributed by atoms with Crippen LogP contribution < -0.4 is 5.32 Å². The summed E-state index contributed by atoms with van der Waals surface area (Å²) in [6, 6.07) is 15.9. The maximum Gasteiger partial charge on any atom is 0.0526 e. The van der Waals surface area contributed by atoms with Crippen LogP contribution in [0.2, 0.25) is 0 Å². The van der Waals surface area contributed by atoms with Gasteiger partial charge in [-0.2, -0.15) is 0 Å². The smallest absolute Gasteiger partial charge is 0.0526 e. The number of hydrogen-bond donors (Lipinski definition) is 1. The van der Waals surface area contributed by atoms with Crippen LogP contribution in [0.15, 0.2) is 52.3 Å². The largest absolute Gasteiger partial charge is 0.354 e. The molecule has 0 radical (unpaired) electrons. The fourth-order valence-electron chi connectivity index (χ4n) is 5.01. The molecule has 1 N–H and O–H groups in total. The summed E-state index contributed by atoms with van der Waals surface area (Å²) in [7, 11) is 0. The quantitative estimate of drug-likeness (QED) is 0.267. The fraction of sp³-hybridized carbons (Fsp3) is 0.586. The maximum atomic E-state index is 3.64. The molecule has 0 bridgehead atoms. The van der Waals surface area contributed by atoms with Crippen molar-refractivity contribution in [3.63, 3.8) is 0 Å². The summed E-state index contributed by atoms with van der Waals surface area (Å²) in [5, 5.41) is 3.64. The van der Waals surface area contributed by atoms with E-state index in [9.17, 15) is 0 Å². The second-order valence-corrected chi connectivity index (χ2v) is 11.1. The summed E-state index contributed by atoms with van der Waals surface area (Å²) in [5.41, 5.74) is 4.38. The zero-order valence-electron chi connectivity index (χ0n) is 20.3. The molecule has 0 saturated carbocycles. The fourth-order valence-corrected chi connectivity index (χ4v) is 6.04. The molecule has 0 amide bonds.